The molecule has 1 heterocycles. The number of hydrogen-bond acceptors (Lipinski definition) is 3. The fourth-order valence-electron chi connectivity index (χ4n) is 1.28. The summed E-state index contributed by atoms with van der Waals surface area (Å²) in [5.74, 6) is 0. The minimum absolute atomic E-state index is 0.479. The molecule has 0 amide bonds. The number of hydrogen-bond donors (Lipinski definition) is 2. The highest BCUT2D eigenvalue weighted by Gasteiger charge is 2.01. The maximum absolute atomic E-state index is 4.08. The first kappa shape index (κ1) is 12.1. The molecule has 0 radical (unpaired) electrons. The Hall–Kier alpha value is -0.930. The Morgan fingerprint density at radius 3 is 2.67 bits per heavy atom. The first-order valence-electron chi connectivity index (χ1n) is 5.54. The van der Waals surface area contributed by atoms with E-state index in [4.69, 9.17) is 0 Å². The maximum atomic E-state index is 4.08. The van der Waals surface area contributed by atoms with Gasteiger partial charge in [0.2, 0.25) is 0 Å². The largest absolute Gasteiger partial charge is 0.313 e. The summed E-state index contributed by atoms with van der Waals surface area (Å²) in [6.07, 6.45) is 3.70. The molecule has 2 N–H and O–H groups in total. The molecule has 1 aromatic rings. The van der Waals surface area contributed by atoms with Crippen LogP contribution in [0.15, 0.2) is 24.5 Å². The summed E-state index contributed by atoms with van der Waals surface area (Å²) in [6, 6.07) is 5.08. The van der Waals surface area contributed by atoms with Gasteiger partial charge in [0.15, 0.2) is 0 Å². The van der Waals surface area contributed by atoms with Gasteiger partial charge in [-0.2, -0.15) is 0 Å². The monoisotopic (exact) mass is 207 g/mol. The normalized spacial score (nSPS) is 13.1. The average Bonchev–Trinajstić information content (AvgIpc) is 2.25. The Morgan fingerprint density at radius 1 is 1.27 bits per heavy atom. The Morgan fingerprint density at radius 2 is 2.07 bits per heavy atom. The Kier molecular flexibility index (Phi) is 5.29. The molecule has 0 bridgehead atoms. The molecule has 0 aliphatic rings. The standard InChI is InChI=1S/C12H21N3/c1-10(2)14-7-11(3)15-9-12-5-4-6-13-8-12/h4-6,8,10-11,14-15H,7,9H2,1-3H3. The molecule has 1 aromatic heterocycles. The van der Waals surface area contributed by atoms with Crippen LogP contribution in [0, 0.1) is 0 Å². The van der Waals surface area contributed by atoms with Crippen molar-refractivity contribution in [2.45, 2.75) is 39.4 Å². The third-order valence-corrected chi connectivity index (χ3v) is 2.21. The molecule has 0 saturated carbocycles. The fourth-order valence-corrected chi connectivity index (χ4v) is 1.28. The molecule has 0 fully saturated rings. The van der Waals surface area contributed by atoms with Crippen LogP contribution in [0.25, 0.3) is 0 Å². The summed E-state index contributed by atoms with van der Waals surface area (Å²) in [6.45, 7) is 8.39. The molecule has 0 spiro atoms. The van der Waals surface area contributed by atoms with Gasteiger partial charge < -0.3 is 10.6 Å². The van der Waals surface area contributed by atoms with Crippen molar-refractivity contribution in [2.24, 2.45) is 0 Å². The predicted molar refractivity (Wildman–Crippen MR) is 63.7 cm³/mol. The number of nitrogens with zero attached hydrogens (tertiary/aromatic N) is 1. The molecule has 84 valence electrons. The zero-order valence-electron chi connectivity index (χ0n) is 9.83. The molecule has 0 aromatic carbocycles. The third-order valence-electron chi connectivity index (χ3n) is 2.21. The van der Waals surface area contributed by atoms with Gasteiger partial charge in [-0.3, -0.25) is 4.98 Å². The summed E-state index contributed by atoms with van der Waals surface area (Å²) in [5.41, 5.74) is 1.23. The van der Waals surface area contributed by atoms with Gasteiger partial charge in [-0.15, -0.1) is 0 Å². The van der Waals surface area contributed by atoms with Gasteiger partial charge in [0.05, 0.1) is 0 Å². The third kappa shape index (κ3) is 5.50. The zero-order chi connectivity index (χ0) is 11.1. The summed E-state index contributed by atoms with van der Waals surface area (Å²) >= 11 is 0. The van der Waals surface area contributed by atoms with Crippen LogP contribution in [0.4, 0.5) is 0 Å². The lowest BCUT2D eigenvalue weighted by Gasteiger charge is -2.16. The molecule has 1 rings (SSSR count). The van der Waals surface area contributed by atoms with Crippen molar-refractivity contribution in [1.82, 2.24) is 15.6 Å². The molecule has 3 nitrogen and oxygen atoms in total. The van der Waals surface area contributed by atoms with E-state index in [0.29, 0.717) is 12.1 Å². The van der Waals surface area contributed by atoms with Crippen molar-refractivity contribution >= 4 is 0 Å². The highest BCUT2D eigenvalue weighted by molar-refractivity contribution is 5.07. The van der Waals surface area contributed by atoms with Crippen molar-refractivity contribution in [3.63, 3.8) is 0 Å². The van der Waals surface area contributed by atoms with E-state index in [1.54, 1.807) is 6.20 Å². The van der Waals surface area contributed by atoms with E-state index in [0.717, 1.165) is 13.1 Å². The van der Waals surface area contributed by atoms with Crippen molar-refractivity contribution in [3.05, 3.63) is 30.1 Å². The molecular formula is C12H21N3. The number of pyridine rings is 1. The fraction of sp³-hybridized carbons (Fsp3) is 0.583. The van der Waals surface area contributed by atoms with Gasteiger partial charge in [0, 0.05) is 37.6 Å². The van der Waals surface area contributed by atoms with Crippen molar-refractivity contribution in [1.29, 1.82) is 0 Å². The lowest BCUT2D eigenvalue weighted by atomic mass is 10.2. The first-order chi connectivity index (χ1) is 7.18. The highest BCUT2D eigenvalue weighted by atomic mass is 15.0. The lowest BCUT2D eigenvalue weighted by Crippen LogP contribution is -2.38. The Bertz CT molecular complexity index is 259. The van der Waals surface area contributed by atoms with Crippen molar-refractivity contribution in [2.75, 3.05) is 6.54 Å². The van der Waals surface area contributed by atoms with Gasteiger partial charge in [-0.1, -0.05) is 19.9 Å². The van der Waals surface area contributed by atoms with E-state index in [1.165, 1.54) is 5.56 Å². The van der Waals surface area contributed by atoms with E-state index in [-0.39, 0.29) is 0 Å². The average molecular weight is 207 g/mol. The van der Waals surface area contributed by atoms with Crippen LogP contribution in [-0.2, 0) is 6.54 Å². The number of aromatic nitrogens is 1. The second-order valence-electron chi connectivity index (χ2n) is 4.21. The quantitative estimate of drug-likeness (QED) is 0.743. The molecule has 0 aliphatic heterocycles. The maximum Gasteiger partial charge on any atom is 0.0312 e. The van der Waals surface area contributed by atoms with E-state index < -0.39 is 0 Å². The van der Waals surface area contributed by atoms with Crippen LogP contribution in [-0.4, -0.2) is 23.6 Å². The predicted octanol–water partition coefficient (Wildman–Crippen LogP) is 1.56. The van der Waals surface area contributed by atoms with E-state index in [9.17, 15) is 0 Å². The second-order valence-corrected chi connectivity index (χ2v) is 4.21. The highest BCUT2D eigenvalue weighted by Crippen LogP contribution is 1.95. The van der Waals surface area contributed by atoms with Crippen molar-refractivity contribution < 1.29 is 0 Å². The lowest BCUT2D eigenvalue weighted by molar-refractivity contribution is 0.473. The molecule has 0 aliphatic carbocycles. The Labute approximate surface area is 92.3 Å². The van der Waals surface area contributed by atoms with Crippen LogP contribution in [0.2, 0.25) is 0 Å². The molecule has 0 saturated heterocycles. The topological polar surface area (TPSA) is 37.0 Å². The molecule has 1 unspecified atom stereocenters. The molecular weight excluding hydrogens is 186 g/mol. The SMILES string of the molecule is CC(C)NCC(C)NCc1cccnc1. The second kappa shape index (κ2) is 6.53. The number of nitrogens with one attached hydrogen (secondary N) is 2. The van der Waals surface area contributed by atoms with Crippen LogP contribution >= 0.6 is 0 Å². The van der Waals surface area contributed by atoms with Gasteiger partial charge in [-0.25, -0.2) is 0 Å². The number of rotatable bonds is 6. The van der Waals surface area contributed by atoms with Gasteiger partial charge in [-0.05, 0) is 18.6 Å². The molecule has 1 atom stereocenters. The summed E-state index contributed by atoms with van der Waals surface area (Å²) in [4.78, 5) is 4.08. The van der Waals surface area contributed by atoms with Crippen LogP contribution in [0.5, 0.6) is 0 Å². The smallest absolute Gasteiger partial charge is 0.0312 e. The van der Waals surface area contributed by atoms with Crippen LogP contribution in [0.3, 0.4) is 0 Å². The van der Waals surface area contributed by atoms with Gasteiger partial charge in [0.25, 0.3) is 0 Å². The van der Waals surface area contributed by atoms with Gasteiger partial charge >= 0.3 is 0 Å². The summed E-state index contributed by atoms with van der Waals surface area (Å²) in [5, 5.41) is 6.86. The summed E-state index contributed by atoms with van der Waals surface area (Å²) < 4.78 is 0. The summed E-state index contributed by atoms with van der Waals surface area (Å²) in [7, 11) is 0. The van der Waals surface area contributed by atoms with E-state index in [2.05, 4.69) is 42.5 Å². The minimum atomic E-state index is 0.479. The molecule has 15 heavy (non-hydrogen) atoms. The molecule has 3 heteroatoms. The van der Waals surface area contributed by atoms with E-state index in [1.807, 2.05) is 12.3 Å². The first-order valence-corrected chi connectivity index (χ1v) is 5.54. The minimum Gasteiger partial charge on any atom is -0.313 e. The van der Waals surface area contributed by atoms with Crippen molar-refractivity contribution in [3.8, 4) is 0 Å². The van der Waals surface area contributed by atoms with Crippen LogP contribution < -0.4 is 10.6 Å². The van der Waals surface area contributed by atoms with Crippen LogP contribution in [0.1, 0.15) is 26.3 Å². The zero-order valence-corrected chi connectivity index (χ0v) is 9.83. The van der Waals surface area contributed by atoms with Gasteiger partial charge in [0.1, 0.15) is 0 Å². The van der Waals surface area contributed by atoms with E-state index >= 15 is 0 Å². The Balaban J connectivity index is 2.19.